The second-order valence-corrected chi connectivity index (χ2v) is 6.53. The molecule has 0 aromatic heterocycles. The van der Waals surface area contributed by atoms with Gasteiger partial charge in [-0.2, -0.15) is 0 Å². The lowest BCUT2D eigenvalue weighted by Gasteiger charge is -2.39. The van der Waals surface area contributed by atoms with Crippen LogP contribution in [0.2, 0.25) is 0 Å². The minimum atomic E-state index is 0.905. The normalized spacial score (nSPS) is 41.4. The number of hydrogen-bond acceptors (Lipinski definition) is 1. The van der Waals surface area contributed by atoms with E-state index in [0.717, 1.165) is 30.0 Å². The van der Waals surface area contributed by atoms with Gasteiger partial charge in [0.1, 0.15) is 0 Å². The summed E-state index contributed by atoms with van der Waals surface area (Å²) in [5.74, 6) is 1.96. The maximum absolute atomic E-state index is 2.91. The summed E-state index contributed by atoms with van der Waals surface area (Å²) in [6.45, 7) is 4.77. The van der Waals surface area contributed by atoms with E-state index < -0.39 is 0 Å². The van der Waals surface area contributed by atoms with Crippen molar-refractivity contribution in [1.29, 1.82) is 0 Å². The first-order valence-electron chi connectivity index (χ1n) is 7.01. The van der Waals surface area contributed by atoms with Crippen LogP contribution in [0.4, 0.5) is 0 Å². The zero-order valence-electron chi connectivity index (χ0n) is 10.3. The van der Waals surface area contributed by atoms with Gasteiger partial charge in [0.25, 0.3) is 0 Å². The standard InChI is InChI=1S/C14H25N/c1-10(2)7-11-8-13-5-6-14(9-11)15(13)12-3-4-12/h10-14H,3-9H2,1-2H3/t11?,13-,14+. The summed E-state index contributed by atoms with van der Waals surface area (Å²) in [5, 5.41) is 0. The molecule has 0 aromatic carbocycles. The fraction of sp³-hybridized carbons (Fsp3) is 1.00. The third kappa shape index (κ3) is 1.95. The van der Waals surface area contributed by atoms with Gasteiger partial charge in [0.05, 0.1) is 0 Å². The zero-order chi connectivity index (χ0) is 10.4. The van der Waals surface area contributed by atoms with E-state index in [1.165, 1.54) is 44.9 Å². The fourth-order valence-corrected chi connectivity index (χ4v) is 4.15. The summed E-state index contributed by atoms with van der Waals surface area (Å²) in [6, 6.07) is 2.99. The molecule has 3 atom stereocenters. The van der Waals surface area contributed by atoms with Gasteiger partial charge in [-0.15, -0.1) is 0 Å². The van der Waals surface area contributed by atoms with E-state index in [1.54, 1.807) is 0 Å². The van der Waals surface area contributed by atoms with Crippen LogP contribution >= 0.6 is 0 Å². The molecule has 1 nitrogen and oxygen atoms in total. The fourth-order valence-electron chi connectivity index (χ4n) is 4.15. The zero-order valence-corrected chi connectivity index (χ0v) is 10.3. The summed E-state index contributed by atoms with van der Waals surface area (Å²) in [5.41, 5.74) is 0. The van der Waals surface area contributed by atoms with Crippen LogP contribution in [0.1, 0.15) is 58.8 Å². The van der Waals surface area contributed by atoms with E-state index in [4.69, 9.17) is 0 Å². The predicted molar refractivity (Wildman–Crippen MR) is 63.9 cm³/mol. The van der Waals surface area contributed by atoms with E-state index in [2.05, 4.69) is 18.7 Å². The predicted octanol–water partition coefficient (Wildman–Crippen LogP) is 3.44. The summed E-state index contributed by atoms with van der Waals surface area (Å²) in [4.78, 5) is 2.91. The van der Waals surface area contributed by atoms with Gasteiger partial charge in [-0.25, -0.2) is 0 Å². The van der Waals surface area contributed by atoms with Gasteiger partial charge < -0.3 is 0 Å². The molecule has 1 heteroatoms. The molecule has 3 rings (SSSR count). The SMILES string of the molecule is CC(C)CC1C[C@H]2CC[C@@H](C1)N2C1CC1. The molecule has 2 bridgehead atoms. The van der Waals surface area contributed by atoms with Crippen molar-refractivity contribution in [3.05, 3.63) is 0 Å². The summed E-state index contributed by atoms with van der Waals surface area (Å²) < 4.78 is 0. The van der Waals surface area contributed by atoms with Crippen molar-refractivity contribution in [3.8, 4) is 0 Å². The molecule has 1 aliphatic carbocycles. The highest BCUT2D eigenvalue weighted by Crippen LogP contribution is 2.46. The lowest BCUT2D eigenvalue weighted by Crippen LogP contribution is -2.44. The first kappa shape index (κ1) is 10.1. The molecule has 2 saturated heterocycles. The Balaban J connectivity index is 1.63. The average molecular weight is 207 g/mol. The maximum atomic E-state index is 2.91. The highest BCUT2D eigenvalue weighted by Gasteiger charge is 2.46. The molecule has 1 saturated carbocycles. The Morgan fingerprint density at radius 3 is 1.93 bits per heavy atom. The quantitative estimate of drug-likeness (QED) is 0.685. The molecular weight excluding hydrogens is 182 g/mol. The Labute approximate surface area is 94.2 Å². The van der Waals surface area contributed by atoms with Gasteiger partial charge in [-0.05, 0) is 56.8 Å². The number of nitrogens with zero attached hydrogens (tertiary/aromatic N) is 1. The van der Waals surface area contributed by atoms with Crippen molar-refractivity contribution in [2.45, 2.75) is 76.9 Å². The maximum Gasteiger partial charge on any atom is 0.0104 e. The molecule has 2 aliphatic heterocycles. The number of rotatable bonds is 3. The van der Waals surface area contributed by atoms with Crippen molar-refractivity contribution in [2.24, 2.45) is 11.8 Å². The first-order valence-corrected chi connectivity index (χ1v) is 7.01. The monoisotopic (exact) mass is 207 g/mol. The first-order chi connectivity index (χ1) is 7.24. The number of piperidine rings is 1. The lowest BCUT2D eigenvalue weighted by molar-refractivity contribution is 0.0876. The van der Waals surface area contributed by atoms with Gasteiger partial charge >= 0.3 is 0 Å². The molecule has 15 heavy (non-hydrogen) atoms. The van der Waals surface area contributed by atoms with Gasteiger partial charge in [-0.1, -0.05) is 13.8 Å². The Hall–Kier alpha value is -0.0400. The van der Waals surface area contributed by atoms with E-state index >= 15 is 0 Å². The second-order valence-electron chi connectivity index (χ2n) is 6.53. The van der Waals surface area contributed by atoms with Crippen LogP contribution in [0.25, 0.3) is 0 Å². The molecule has 0 radical (unpaired) electrons. The Morgan fingerprint density at radius 2 is 1.47 bits per heavy atom. The molecule has 0 spiro atoms. The Kier molecular flexibility index (Phi) is 2.54. The molecule has 1 unspecified atom stereocenters. The molecule has 86 valence electrons. The third-order valence-corrected chi connectivity index (χ3v) is 4.66. The molecule has 0 amide bonds. The van der Waals surface area contributed by atoms with Crippen molar-refractivity contribution < 1.29 is 0 Å². The van der Waals surface area contributed by atoms with Crippen LogP contribution in [0.3, 0.4) is 0 Å². The van der Waals surface area contributed by atoms with Crippen LogP contribution in [0, 0.1) is 11.8 Å². The van der Waals surface area contributed by atoms with Crippen LogP contribution in [0.5, 0.6) is 0 Å². The molecular formula is C14H25N. The largest absolute Gasteiger partial charge is 0.294 e. The summed E-state index contributed by atoms with van der Waals surface area (Å²) in [6.07, 6.45) is 10.5. The molecule has 2 heterocycles. The highest BCUT2D eigenvalue weighted by molar-refractivity contribution is 5.01. The van der Waals surface area contributed by atoms with Gasteiger partial charge in [-0.3, -0.25) is 4.90 Å². The van der Waals surface area contributed by atoms with Crippen molar-refractivity contribution in [2.75, 3.05) is 0 Å². The number of fused-ring (bicyclic) bond motifs is 2. The molecule has 3 fully saturated rings. The van der Waals surface area contributed by atoms with Crippen LogP contribution in [-0.2, 0) is 0 Å². The topological polar surface area (TPSA) is 3.24 Å². The average Bonchev–Trinajstić information content (AvgIpc) is 2.94. The summed E-state index contributed by atoms with van der Waals surface area (Å²) in [7, 11) is 0. The highest BCUT2D eigenvalue weighted by atomic mass is 15.3. The van der Waals surface area contributed by atoms with E-state index in [-0.39, 0.29) is 0 Å². The Bertz CT molecular complexity index is 217. The van der Waals surface area contributed by atoms with Crippen molar-refractivity contribution in [3.63, 3.8) is 0 Å². The number of hydrogen-bond donors (Lipinski definition) is 0. The van der Waals surface area contributed by atoms with Gasteiger partial charge in [0.2, 0.25) is 0 Å². The van der Waals surface area contributed by atoms with E-state index in [0.29, 0.717) is 0 Å². The molecule has 3 aliphatic rings. The van der Waals surface area contributed by atoms with E-state index in [9.17, 15) is 0 Å². The van der Waals surface area contributed by atoms with Crippen LogP contribution in [0.15, 0.2) is 0 Å². The molecule has 0 aromatic rings. The van der Waals surface area contributed by atoms with Gasteiger partial charge in [0, 0.05) is 18.1 Å². The Morgan fingerprint density at radius 1 is 0.933 bits per heavy atom. The summed E-state index contributed by atoms with van der Waals surface area (Å²) >= 11 is 0. The molecule has 0 N–H and O–H groups in total. The third-order valence-electron chi connectivity index (χ3n) is 4.66. The minimum absolute atomic E-state index is 0.905. The van der Waals surface area contributed by atoms with Gasteiger partial charge in [0.15, 0.2) is 0 Å². The van der Waals surface area contributed by atoms with Crippen LogP contribution < -0.4 is 0 Å². The van der Waals surface area contributed by atoms with Crippen molar-refractivity contribution >= 4 is 0 Å². The lowest BCUT2D eigenvalue weighted by atomic mass is 9.84. The van der Waals surface area contributed by atoms with Crippen LogP contribution in [-0.4, -0.2) is 23.0 Å². The van der Waals surface area contributed by atoms with Crippen molar-refractivity contribution in [1.82, 2.24) is 4.90 Å². The minimum Gasteiger partial charge on any atom is -0.294 e. The van der Waals surface area contributed by atoms with E-state index in [1.807, 2.05) is 0 Å². The second kappa shape index (κ2) is 3.76. The smallest absolute Gasteiger partial charge is 0.0104 e.